The van der Waals surface area contributed by atoms with E-state index >= 15 is 0 Å². The minimum absolute atomic E-state index is 1.04. The van der Waals surface area contributed by atoms with Crippen molar-refractivity contribution in [1.82, 2.24) is 0 Å². The first-order chi connectivity index (χ1) is 13.3. The maximum absolute atomic E-state index is 4.74. The Bertz CT molecular complexity index is 640. The number of benzene rings is 2. The highest BCUT2D eigenvalue weighted by atomic mass is 14.7. The molecule has 0 spiro atoms. The third-order valence-corrected chi connectivity index (χ3v) is 5.24. The van der Waals surface area contributed by atoms with Gasteiger partial charge in [-0.2, -0.15) is 0 Å². The fourth-order valence-corrected chi connectivity index (χ4v) is 3.49. The SMILES string of the molecule is CCCCCCCCCCCCc1ccc(N=C(C)c2ccccc2)cc1. The Hall–Kier alpha value is -1.89. The highest BCUT2D eigenvalue weighted by Crippen LogP contribution is 2.17. The fourth-order valence-electron chi connectivity index (χ4n) is 3.49. The van der Waals surface area contributed by atoms with E-state index in [2.05, 4.69) is 62.4 Å². The summed E-state index contributed by atoms with van der Waals surface area (Å²) in [7, 11) is 0. The highest BCUT2D eigenvalue weighted by molar-refractivity contribution is 6.00. The van der Waals surface area contributed by atoms with Crippen molar-refractivity contribution >= 4 is 11.4 Å². The van der Waals surface area contributed by atoms with Crippen molar-refractivity contribution in [1.29, 1.82) is 0 Å². The van der Waals surface area contributed by atoms with Gasteiger partial charge in [-0.05, 0) is 43.0 Å². The molecule has 1 nitrogen and oxygen atoms in total. The normalized spacial score (nSPS) is 11.7. The van der Waals surface area contributed by atoms with Crippen molar-refractivity contribution in [3.63, 3.8) is 0 Å². The molecular weight excluding hydrogens is 326 g/mol. The molecule has 0 atom stereocenters. The van der Waals surface area contributed by atoms with E-state index in [9.17, 15) is 0 Å². The maximum Gasteiger partial charge on any atom is 0.0633 e. The van der Waals surface area contributed by atoms with E-state index in [4.69, 9.17) is 4.99 Å². The van der Waals surface area contributed by atoms with Gasteiger partial charge < -0.3 is 0 Å². The number of unbranched alkanes of at least 4 members (excludes halogenated alkanes) is 9. The van der Waals surface area contributed by atoms with Gasteiger partial charge in [0.1, 0.15) is 0 Å². The molecule has 2 rings (SSSR count). The summed E-state index contributed by atoms with van der Waals surface area (Å²) >= 11 is 0. The molecule has 0 aromatic heterocycles. The molecule has 0 heterocycles. The first-order valence-electron chi connectivity index (χ1n) is 11.0. The minimum atomic E-state index is 1.04. The summed E-state index contributed by atoms with van der Waals surface area (Å²) in [4.78, 5) is 4.74. The standard InChI is InChI=1S/C26H37N/c1-3-4-5-6-7-8-9-10-11-13-16-24-19-21-26(22-20-24)27-23(2)25-17-14-12-15-18-25/h12,14-15,17-22H,3-11,13,16H2,1-2H3. The summed E-state index contributed by atoms with van der Waals surface area (Å²) in [6, 6.07) is 19.2. The molecule has 146 valence electrons. The Balaban J connectivity index is 1.62. The second-order valence-corrected chi connectivity index (χ2v) is 7.66. The van der Waals surface area contributed by atoms with Crippen molar-refractivity contribution < 1.29 is 0 Å². The van der Waals surface area contributed by atoms with Crippen molar-refractivity contribution in [2.24, 2.45) is 4.99 Å². The predicted molar refractivity (Wildman–Crippen MR) is 120 cm³/mol. The summed E-state index contributed by atoms with van der Waals surface area (Å²) in [5.74, 6) is 0. The van der Waals surface area contributed by atoms with Crippen molar-refractivity contribution in [2.45, 2.75) is 84.5 Å². The van der Waals surface area contributed by atoms with Crippen LogP contribution in [0.4, 0.5) is 5.69 Å². The van der Waals surface area contributed by atoms with Crippen LogP contribution >= 0.6 is 0 Å². The molecule has 0 bridgehead atoms. The molecule has 0 amide bonds. The lowest BCUT2D eigenvalue weighted by atomic mass is 10.0. The molecule has 0 fully saturated rings. The molecular formula is C26H37N. The zero-order valence-electron chi connectivity index (χ0n) is 17.4. The number of hydrogen-bond acceptors (Lipinski definition) is 1. The molecule has 1 heteroatoms. The van der Waals surface area contributed by atoms with Gasteiger partial charge in [-0.25, -0.2) is 0 Å². The zero-order valence-corrected chi connectivity index (χ0v) is 17.4. The van der Waals surface area contributed by atoms with Crippen LogP contribution in [0.25, 0.3) is 0 Å². The van der Waals surface area contributed by atoms with Gasteiger partial charge in [-0.15, -0.1) is 0 Å². The molecule has 0 aliphatic carbocycles. The van der Waals surface area contributed by atoms with E-state index in [1.807, 2.05) is 6.07 Å². The molecule has 0 N–H and O–H groups in total. The van der Waals surface area contributed by atoms with E-state index < -0.39 is 0 Å². The van der Waals surface area contributed by atoms with Gasteiger partial charge in [-0.1, -0.05) is 107 Å². The molecule has 0 aliphatic heterocycles. The lowest BCUT2D eigenvalue weighted by Crippen LogP contribution is -1.92. The average molecular weight is 364 g/mol. The van der Waals surface area contributed by atoms with Gasteiger partial charge >= 0.3 is 0 Å². The van der Waals surface area contributed by atoms with Crippen LogP contribution in [0, 0.1) is 0 Å². The highest BCUT2D eigenvalue weighted by Gasteiger charge is 1.99. The third-order valence-electron chi connectivity index (χ3n) is 5.24. The van der Waals surface area contributed by atoms with Gasteiger partial charge in [-0.3, -0.25) is 4.99 Å². The Morgan fingerprint density at radius 1 is 0.667 bits per heavy atom. The summed E-state index contributed by atoms with van der Waals surface area (Å²) in [6.07, 6.45) is 15.2. The summed E-state index contributed by atoms with van der Waals surface area (Å²) in [6.45, 7) is 4.36. The Morgan fingerprint density at radius 2 is 1.22 bits per heavy atom. The lowest BCUT2D eigenvalue weighted by Gasteiger charge is -2.04. The fraction of sp³-hybridized carbons (Fsp3) is 0.500. The van der Waals surface area contributed by atoms with Crippen molar-refractivity contribution in [3.05, 3.63) is 65.7 Å². The maximum atomic E-state index is 4.74. The number of aliphatic imine (C=N–C) groups is 1. The molecule has 2 aromatic carbocycles. The Kier molecular flexibility index (Phi) is 10.6. The Morgan fingerprint density at radius 3 is 1.81 bits per heavy atom. The van der Waals surface area contributed by atoms with E-state index in [-0.39, 0.29) is 0 Å². The second-order valence-electron chi connectivity index (χ2n) is 7.66. The second kappa shape index (κ2) is 13.3. The Labute approximate surface area is 166 Å². The molecule has 0 radical (unpaired) electrons. The van der Waals surface area contributed by atoms with E-state index in [1.54, 1.807) is 0 Å². The summed E-state index contributed by atoms with van der Waals surface area (Å²) in [5.41, 5.74) is 4.74. The van der Waals surface area contributed by atoms with Crippen LogP contribution < -0.4 is 0 Å². The van der Waals surface area contributed by atoms with Crippen LogP contribution in [0.2, 0.25) is 0 Å². The third kappa shape index (κ3) is 9.04. The van der Waals surface area contributed by atoms with Gasteiger partial charge in [0.15, 0.2) is 0 Å². The first kappa shape index (κ1) is 21.4. The van der Waals surface area contributed by atoms with Crippen LogP contribution in [-0.4, -0.2) is 5.71 Å². The van der Waals surface area contributed by atoms with Gasteiger partial charge in [0.05, 0.1) is 5.69 Å². The van der Waals surface area contributed by atoms with Crippen LogP contribution in [0.5, 0.6) is 0 Å². The average Bonchev–Trinajstić information content (AvgIpc) is 2.71. The number of aryl methyl sites for hydroxylation is 1. The minimum Gasteiger partial charge on any atom is -0.253 e. The van der Waals surface area contributed by atoms with Crippen molar-refractivity contribution in [2.75, 3.05) is 0 Å². The van der Waals surface area contributed by atoms with E-state index in [1.165, 1.54) is 81.8 Å². The monoisotopic (exact) mass is 363 g/mol. The zero-order chi connectivity index (χ0) is 19.2. The van der Waals surface area contributed by atoms with Crippen molar-refractivity contribution in [3.8, 4) is 0 Å². The summed E-state index contributed by atoms with van der Waals surface area (Å²) < 4.78 is 0. The quantitative estimate of drug-likeness (QED) is 0.251. The molecule has 0 saturated carbocycles. The van der Waals surface area contributed by atoms with E-state index in [0.29, 0.717) is 0 Å². The first-order valence-corrected chi connectivity index (χ1v) is 11.0. The number of hydrogen-bond donors (Lipinski definition) is 0. The summed E-state index contributed by atoms with van der Waals surface area (Å²) in [5, 5.41) is 0. The van der Waals surface area contributed by atoms with Crippen LogP contribution in [-0.2, 0) is 6.42 Å². The van der Waals surface area contributed by atoms with Gasteiger partial charge in [0.25, 0.3) is 0 Å². The van der Waals surface area contributed by atoms with Crippen LogP contribution in [0.15, 0.2) is 59.6 Å². The van der Waals surface area contributed by atoms with Crippen LogP contribution in [0.1, 0.15) is 89.2 Å². The smallest absolute Gasteiger partial charge is 0.0633 e. The molecule has 0 saturated heterocycles. The molecule has 0 unspecified atom stereocenters. The van der Waals surface area contributed by atoms with Gasteiger partial charge in [0, 0.05) is 5.71 Å². The van der Waals surface area contributed by atoms with E-state index in [0.717, 1.165) is 11.4 Å². The molecule has 27 heavy (non-hydrogen) atoms. The topological polar surface area (TPSA) is 12.4 Å². The van der Waals surface area contributed by atoms with Crippen LogP contribution in [0.3, 0.4) is 0 Å². The molecule has 0 aliphatic rings. The molecule has 2 aromatic rings. The largest absolute Gasteiger partial charge is 0.253 e. The predicted octanol–water partition coefficient (Wildman–Crippen LogP) is 8.29. The van der Waals surface area contributed by atoms with Gasteiger partial charge in [0.2, 0.25) is 0 Å². The number of nitrogens with zero attached hydrogens (tertiary/aromatic N) is 1. The number of rotatable bonds is 13. The lowest BCUT2D eigenvalue weighted by molar-refractivity contribution is 0.556.